The zero-order valence-electron chi connectivity index (χ0n) is 10.8. The van der Waals surface area contributed by atoms with E-state index >= 15 is 0 Å². The molecule has 0 radical (unpaired) electrons. The second kappa shape index (κ2) is 8.55. The average molecular weight is 272 g/mol. The van der Waals surface area contributed by atoms with Crippen LogP contribution in [0.3, 0.4) is 0 Å². The predicted octanol–water partition coefficient (Wildman–Crippen LogP) is 1.21. The molecule has 0 unspecified atom stereocenters. The van der Waals surface area contributed by atoms with Gasteiger partial charge in [0, 0.05) is 39.2 Å². The molecule has 0 aliphatic heterocycles. The van der Waals surface area contributed by atoms with E-state index in [1.165, 1.54) is 12.1 Å². The summed E-state index contributed by atoms with van der Waals surface area (Å²) < 4.78 is 30.6. The number of hydrogen-bond acceptors (Lipinski definition) is 3. The van der Waals surface area contributed by atoms with Gasteiger partial charge < -0.3 is 15.4 Å². The van der Waals surface area contributed by atoms with E-state index in [9.17, 15) is 13.6 Å². The van der Waals surface area contributed by atoms with Crippen molar-refractivity contribution < 1.29 is 18.3 Å². The Balaban J connectivity index is 2.18. The van der Waals surface area contributed by atoms with Crippen LogP contribution in [0.4, 0.5) is 8.78 Å². The number of rotatable bonds is 8. The van der Waals surface area contributed by atoms with Crippen LogP contribution in [0, 0.1) is 11.6 Å². The minimum atomic E-state index is -0.603. The van der Waals surface area contributed by atoms with Crippen LogP contribution in [0.25, 0.3) is 0 Å². The molecule has 1 aromatic carbocycles. The Morgan fingerprint density at radius 1 is 1.21 bits per heavy atom. The highest BCUT2D eigenvalue weighted by Crippen LogP contribution is 2.07. The summed E-state index contributed by atoms with van der Waals surface area (Å²) in [6.45, 7) is 1.71. The van der Waals surface area contributed by atoms with Gasteiger partial charge in [-0.15, -0.1) is 0 Å². The number of carbonyl (C=O) groups excluding carboxylic acids is 1. The molecule has 1 rings (SSSR count). The smallest absolute Gasteiger partial charge is 0.221 e. The molecule has 0 fully saturated rings. The Morgan fingerprint density at radius 3 is 2.53 bits per heavy atom. The molecule has 4 nitrogen and oxygen atoms in total. The molecule has 0 aromatic heterocycles. The van der Waals surface area contributed by atoms with Gasteiger partial charge in [0.2, 0.25) is 5.91 Å². The lowest BCUT2D eigenvalue weighted by atomic mass is 10.2. The van der Waals surface area contributed by atoms with Gasteiger partial charge in [-0.1, -0.05) is 0 Å². The second-order valence-electron chi connectivity index (χ2n) is 4.05. The van der Waals surface area contributed by atoms with Crippen molar-refractivity contribution in [1.29, 1.82) is 0 Å². The van der Waals surface area contributed by atoms with Crippen molar-refractivity contribution in [3.05, 3.63) is 35.4 Å². The van der Waals surface area contributed by atoms with Crippen molar-refractivity contribution in [1.82, 2.24) is 10.6 Å². The Kier molecular flexibility index (Phi) is 6.99. The molecule has 0 spiro atoms. The minimum absolute atomic E-state index is 0.0880. The number of carbonyl (C=O) groups is 1. The third-order valence-electron chi connectivity index (χ3n) is 2.41. The first-order valence-electron chi connectivity index (χ1n) is 6.03. The summed E-state index contributed by atoms with van der Waals surface area (Å²) in [7, 11) is 1.56. The Hall–Kier alpha value is -1.53. The number of benzene rings is 1. The van der Waals surface area contributed by atoms with E-state index < -0.39 is 11.6 Å². The molecule has 0 bridgehead atoms. The molecule has 2 N–H and O–H groups in total. The number of ether oxygens (including phenoxy) is 1. The lowest BCUT2D eigenvalue weighted by Gasteiger charge is -2.06. The summed E-state index contributed by atoms with van der Waals surface area (Å²) in [5.41, 5.74) is 0.511. The average Bonchev–Trinajstić information content (AvgIpc) is 2.34. The van der Waals surface area contributed by atoms with E-state index in [4.69, 9.17) is 4.74 Å². The molecule has 0 saturated carbocycles. The third kappa shape index (κ3) is 6.83. The number of hydrogen-bond donors (Lipinski definition) is 2. The molecule has 19 heavy (non-hydrogen) atoms. The highest BCUT2D eigenvalue weighted by Gasteiger charge is 2.02. The molecule has 0 aliphatic carbocycles. The first-order valence-corrected chi connectivity index (χ1v) is 6.03. The van der Waals surface area contributed by atoms with Gasteiger partial charge in [0.1, 0.15) is 11.6 Å². The van der Waals surface area contributed by atoms with E-state index in [1.807, 2.05) is 0 Å². The van der Waals surface area contributed by atoms with Gasteiger partial charge in [-0.3, -0.25) is 4.79 Å². The molecule has 0 aliphatic rings. The van der Waals surface area contributed by atoms with Crippen LogP contribution in [0.5, 0.6) is 0 Å². The molecule has 6 heteroatoms. The lowest BCUT2D eigenvalue weighted by Crippen LogP contribution is -2.29. The first-order chi connectivity index (χ1) is 9.11. The second-order valence-corrected chi connectivity index (χ2v) is 4.05. The summed E-state index contributed by atoms with van der Waals surface area (Å²) in [5.74, 6) is -1.29. The fourth-order valence-electron chi connectivity index (χ4n) is 1.53. The number of methoxy groups -OCH3 is 1. The topological polar surface area (TPSA) is 50.4 Å². The summed E-state index contributed by atoms with van der Waals surface area (Å²) in [4.78, 5) is 11.3. The van der Waals surface area contributed by atoms with Crippen LogP contribution in [-0.4, -0.2) is 32.7 Å². The summed E-state index contributed by atoms with van der Waals surface area (Å²) in [6, 6.07) is 3.34. The van der Waals surface area contributed by atoms with Gasteiger partial charge in [-0.25, -0.2) is 8.78 Å². The first kappa shape index (κ1) is 15.5. The molecule has 0 saturated heterocycles. The van der Waals surface area contributed by atoms with Gasteiger partial charge in [-0.2, -0.15) is 0 Å². The van der Waals surface area contributed by atoms with Crippen molar-refractivity contribution >= 4 is 5.91 Å². The number of amides is 1. The molecular formula is C13H18F2N2O2. The van der Waals surface area contributed by atoms with Crippen LogP contribution in [-0.2, 0) is 16.1 Å². The normalized spacial score (nSPS) is 10.5. The largest absolute Gasteiger partial charge is 0.383 e. The third-order valence-corrected chi connectivity index (χ3v) is 2.41. The quantitative estimate of drug-likeness (QED) is 0.699. The van der Waals surface area contributed by atoms with Gasteiger partial charge >= 0.3 is 0 Å². The van der Waals surface area contributed by atoms with Crippen molar-refractivity contribution in [2.24, 2.45) is 0 Å². The van der Waals surface area contributed by atoms with Gasteiger partial charge in [0.25, 0.3) is 0 Å². The molecule has 0 heterocycles. The fourth-order valence-corrected chi connectivity index (χ4v) is 1.53. The van der Waals surface area contributed by atoms with Crippen LogP contribution in [0.2, 0.25) is 0 Å². The number of halogens is 2. The summed E-state index contributed by atoms with van der Waals surface area (Å²) in [6.07, 6.45) is 0.307. The maximum Gasteiger partial charge on any atom is 0.221 e. The molecule has 0 atom stereocenters. The molecular weight excluding hydrogens is 254 g/mol. The Morgan fingerprint density at radius 2 is 1.89 bits per heavy atom. The van der Waals surface area contributed by atoms with E-state index in [0.29, 0.717) is 38.2 Å². The molecule has 106 valence electrons. The van der Waals surface area contributed by atoms with Crippen LogP contribution >= 0.6 is 0 Å². The highest BCUT2D eigenvalue weighted by molar-refractivity contribution is 5.75. The summed E-state index contributed by atoms with van der Waals surface area (Å²) >= 11 is 0. The maximum atomic E-state index is 12.9. The van der Waals surface area contributed by atoms with Crippen LogP contribution < -0.4 is 10.6 Å². The van der Waals surface area contributed by atoms with E-state index in [2.05, 4.69) is 10.6 Å². The minimum Gasteiger partial charge on any atom is -0.383 e. The standard InChI is InChI=1S/C13H18F2N2O2/c1-19-5-4-17-13(18)2-3-16-9-10-6-11(14)8-12(15)7-10/h6-8,16H,2-5,9H2,1H3,(H,17,18). The maximum absolute atomic E-state index is 12.9. The Labute approximate surface area is 111 Å². The monoisotopic (exact) mass is 272 g/mol. The fraction of sp³-hybridized carbons (Fsp3) is 0.462. The zero-order chi connectivity index (χ0) is 14.1. The Bertz CT molecular complexity index is 393. The zero-order valence-corrected chi connectivity index (χ0v) is 10.8. The highest BCUT2D eigenvalue weighted by atomic mass is 19.1. The van der Waals surface area contributed by atoms with Gasteiger partial charge in [0.05, 0.1) is 6.61 Å². The van der Waals surface area contributed by atoms with Crippen LogP contribution in [0.15, 0.2) is 18.2 Å². The SMILES string of the molecule is COCCNC(=O)CCNCc1cc(F)cc(F)c1. The van der Waals surface area contributed by atoms with Gasteiger partial charge in [-0.05, 0) is 17.7 Å². The molecule has 1 amide bonds. The van der Waals surface area contributed by atoms with Crippen molar-refractivity contribution in [3.63, 3.8) is 0 Å². The molecule has 1 aromatic rings. The predicted molar refractivity (Wildman–Crippen MR) is 67.6 cm³/mol. The van der Waals surface area contributed by atoms with Crippen molar-refractivity contribution in [3.8, 4) is 0 Å². The van der Waals surface area contributed by atoms with E-state index in [1.54, 1.807) is 7.11 Å². The van der Waals surface area contributed by atoms with Gasteiger partial charge in [0.15, 0.2) is 0 Å². The van der Waals surface area contributed by atoms with E-state index in [0.717, 1.165) is 6.07 Å². The van der Waals surface area contributed by atoms with E-state index in [-0.39, 0.29) is 5.91 Å². The van der Waals surface area contributed by atoms with Crippen molar-refractivity contribution in [2.45, 2.75) is 13.0 Å². The van der Waals surface area contributed by atoms with Crippen molar-refractivity contribution in [2.75, 3.05) is 26.8 Å². The lowest BCUT2D eigenvalue weighted by molar-refractivity contribution is -0.121. The summed E-state index contributed by atoms with van der Waals surface area (Å²) in [5, 5.41) is 5.63. The van der Waals surface area contributed by atoms with Crippen LogP contribution in [0.1, 0.15) is 12.0 Å². The number of nitrogens with one attached hydrogen (secondary N) is 2.